The predicted molar refractivity (Wildman–Crippen MR) is 64.9 cm³/mol. The lowest BCUT2D eigenvalue weighted by atomic mass is 9.91. The van der Waals surface area contributed by atoms with Crippen LogP contribution in [0.3, 0.4) is 0 Å². The van der Waals surface area contributed by atoms with Gasteiger partial charge in [0.25, 0.3) is 0 Å². The molecule has 1 saturated heterocycles. The maximum atomic E-state index is 9.98. The molecule has 5 nitrogen and oxygen atoms in total. The summed E-state index contributed by atoms with van der Waals surface area (Å²) in [5.74, 6) is 1.57. The Morgan fingerprint density at radius 3 is 2.76 bits per heavy atom. The van der Waals surface area contributed by atoms with Gasteiger partial charge in [0, 0.05) is 32.0 Å². The van der Waals surface area contributed by atoms with Crippen LogP contribution >= 0.6 is 0 Å². The van der Waals surface area contributed by atoms with Crippen molar-refractivity contribution in [1.29, 1.82) is 0 Å². The van der Waals surface area contributed by atoms with Gasteiger partial charge < -0.3 is 14.7 Å². The quantitative estimate of drug-likeness (QED) is 0.843. The highest BCUT2D eigenvalue weighted by atomic mass is 16.5. The first-order valence-electron chi connectivity index (χ1n) is 5.87. The zero-order chi connectivity index (χ0) is 12.5. The summed E-state index contributed by atoms with van der Waals surface area (Å²) in [6.07, 6.45) is 0.776. The fourth-order valence-electron chi connectivity index (χ4n) is 2.02. The lowest BCUT2D eigenvalue weighted by Gasteiger charge is -2.46. The number of methoxy groups -OCH3 is 1. The van der Waals surface area contributed by atoms with E-state index in [-0.39, 0.29) is 0 Å². The topological polar surface area (TPSA) is 58.5 Å². The van der Waals surface area contributed by atoms with Crippen LogP contribution in [-0.4, -0.2) is 40.9 Å². The van der Waals surface area contributed by atoms with E-state index in [0.29, 0.717) is 25.5 Å². The van der Waals surface area contributed by atoms with E-state index in [9.17, 15) is 5.11 Å². The Balaban J connectivity index is 2.12. The summed E-state index contributed by atoms with van der Waals surface area (Å²) in [4.78, 5) is 10.8. The summed E-state index contributed by atoms with van der Waals surface area (Å²) in [5.41, 5.74) is 0.384. The molecule has 0 aliphatic carbocycles. The summed E-state index contributed by atoms with van der Waals surface area (Å²) < 4.78 is 5.04. The Morgan fingerprint density at radius 2 is 2.18 bits per heavy atom. The Morgan fingerprint density at radius 1 is 1.47 bits per heavy atom. The molecule has 0 amide bonds. The van der Waals surface area contributed by atoms with Crippen LogP contribution in [0.15, 0.2) is 6.07 Å². The zero-order valence-electron chi connectivity index (χ0n) is 10.6. The van der Waals surface area contributed by atoms with Crippen LogP contribution in [0.1, 0.15) is 24.9 Å². The molecule has 2 rings (SSSR count). The molecule has 1 aromatic rings. The van der Waals surface area contributed by atoms with E-state index in [4.69, 9.17) is 4.74 Å². The molecule has 94 valence electrons. The Kier molecular flexibility index (Phi) is 3.31. The molecule has 0 bridgehead atoms. The molecule has 1 N–H and O–H groups in total. The highest BCUT2D eigenvalue weighted by Crippen LogP contribution is 2.28. The molecule has 0 spiro atoms. The van der Waals surface area contributed by atoms with E-state index in [0.717, 1.165) is 17.9 Å². The van der Waals surface area contributed by atoms with E-state index in [2.05, 4.69) is 14.9 Å². The van der Waals surface area contributed by atoms with Crippen LogP contribution in [0, 0.1) is 6.92 Å². The SMILES string of the molecule is CCC1(O)CN(c2cc(C)nc(COC)n2)C1. The zero-order valence-corrected chi connectivity index (χ0v) is 10.6. The summed E-state index contributed by atoms with van der Waals surface area (Å²) in [6.45, 7) is 5.65. The molecule has 17 heavy (non-hydrogen) atoms. The van der Waals surface area contributed by atoms with Crippen LogP contribution < -0.4 is 4.90 Å². The third-order valence-electron chi connectivity index (χ3n) is 3.11. The fraction of sp³-hybridized carbons (Fsp3) is 0.667. The van der Waals surface area contributed by atoms with E-state index in [1.54, 1.807) is 7.11 Å². The first-order valence-corrected chi connectivity index (χ1v) is 5.87. The van der Waals surface area contributed by atoms with E-state index in [1.165, 1.54) is 0 Å². The summed E-state index contributed by atoms with van der Waals surface area (Å²) >= 11 is 0. The third kappa shape index (κ3) is 2.56. The van der Waals surface area contributed by atoms with Crippen LogP contribution in [0.5, 0.6) is 0 Å². The summed E-state index contributed by atoms with van der Waals surface area (Å²) in [6, 6.07) is 1.94. The first kappa shape index (κ1) is 12.3. The van der Waals surface area contributed by atoms with Gasteiger partial charge in [-0.3, -0.25) is 0 Å². The number of aryl methyl sites for hydroxylation is 1. The molecular weight excluding hydrogens is 218 g/mol. The molecule has 1 aliphatic heterocycles. The average molecular weight is 237 g/mol. The van der Waals surface area contributed by atoms with Gasteiger partial charge in [-0.25, -0.2) is 9.97 Å². The Labute approximate surface area is 101 Å². The largest absolute Gasteiger partial charge is 0.386 e. The standard InChI is InChI=1S/C12H19N3O2/c1-4-12(16)7-15(8-12)11-5-9(2)13-10(14-11)6-17-3/h5,16H,4,6-8H2,1-3H3. The number of hydrogen-bond acceptors (Lipinski definition) is 5. The van der Waals surface area contributed by atoms with Gasteiger partial charge in [-0.1, -0.05) is 6.92 Å². The highest BCUT2D eigenvalue weighted by Gasteiger charge is 2.40. The maximum Gasteiger partial charge on any atom is 0.156 e. The van der Waals surface area contributed by atoms with Gasteiger partial charge in [-0.2, -0.15) is 0 Å². The van der Waals surface area contributed by atoms with Gasteiger partial charge in [0.2, 0.25) is 0 Å². The van der Waals surface area contributed by atoms with Crippen LogP contribution in [0.25, 0.3) is 0 Å². The molecule has 1 fully saturated rings. The Hall–Kier alpha value is -1.20. The Bertz CT molecular complexity index is 403. The fourth-order valence-corrected chi connectivity index (χ4v) is 2.02. The highest BCUT2D eigenvalue weighted by molar-refractivity contribution is 5.44. The molecule has 0 unspecified atom stereocenters. The second-order valence-electron chi connectivity index (χ2n) is 4.65. The molecule has 5 heteroatoms. The molecule has 1 aliphatic rings. The molecular formula is C12H19N3O2. The van der Waals surface area contributed by atoms with Crippen molar-refractivity contribution >= 4 is 5.82 Å². The van der Waals surface area contributed by atoms with Crippen molar-refractivity contribution in [3.8, 4) is 0 Å². The molecule has 0 atom stereocenters. The van der Waals surface area contributed by atoms with Gasteiger partial charge in [0.05, 0.1) is 5.60 Å². The van der Waals surface area contributed by atoms with Crippen molar-refractivity contribution in [1.82, 2.24) is 9.97 Å². The number of anilines is 1. The van der Waals surface area contributed by atoms with Crippen LogP contribution in [0.2, 0.25) is 0 Å². The number of aliphatic hydroxyl groups is 1. The van der Waals surface area contributed by atoms with Crippen LogP contribution in [-0.2, 0) is 11.3 Å². The van der Waals surface area contributed by atoms with Gasteiger partial charge in [-0.05, 0) is 13.3 Å². The molecule has 0 saturated carbocycles. The predicted octanol–water partition coefficient (Wildman–Crippen LogP) is 0.893. The van der Waals surface area contributed by atoms with Gasteiger partial charge in [-0.15, -0.1) is 0 Å². The van der Waals surface area contributed by atoms with Crippen molar-refractivity contribution < 1.29 is 9.84 Å². The number of ether oxygens (including phenoxy) is 1. The van der Waals surface area contributed by atoms with Crippen LogP contribution in [0.4, 0.5) is 5.82 Å². The normalized spacial score (nSPS) is 18.0. The maximum absolute atomic E-state index is 9.98. The van der Waals surface area contributed by atoms with E-state index in [1.807, 2.05) is 19.9 Å². The van der Waals surface area contributed by atoms with E-state index < -0.39 is 5.60 Å². The number of rotatable bonds is 4. The van der Waals surface area contributed by atoms with Crippen molar-refractivity contribution in [2.75, 3.05) is 25.1 Å². The summed E-state index contributed by atoms with van der Waals surface area (Å²) in [7, 11) is 1.63. The lowest BCUT2D eigenvalue weighted by molar-refractivity contribution is 0.00798. The van der Waals surface area contributed by atoms with Gasteiger partial charge in [0.15, 0.2) is 5.82 Å². The number of hydrogen-bond donors (Lipinski definition) is 1. The minimum atomic E-state index is -0.541. The van der Waals surface area contributed by atoms with Gasteiger partial charge in [0.1, 0.15) is 12.4 Å². The molecule has 1 aromatic heterocycles. The second kappa shape index (κ2) is 4.58. The third-order valence-corrected chi connectivity index (χ3v) is 3.11. The first-order chi connectivity index (χ1) is 8.06. The molecule has 0 aromatic carbocycles. The minimum Gasteiger partial charge on any atom is -0.386 e. The smallest absolute Gasteiger partial charge is 0.156 e. The number of nitrogens with zero attached hydrogens (tertiary/aromatic N) is 3. The van der Waals surface area contributed by atoms with Crippen molar-refractivity contribution in [2.45, 2.75) is 32.5 Å². The monoisotopic (exact) mass is 237 g/mol. The van der Waals surface area contributed by atoms with Crippen molar-refractivity contribution in [3.05, 3.63) is 17.6 Å². The lowest BCUT2D eigenvalue weighted by Crippen LogP contribution is -2.61. The molecule has 2 heterocycles. The van der Waals surface area contributed by atoms with Gasteiger partial charge >= 0.3 is 0 Å². The molecule has 0 radical (unpaired) electrons. The van der Waals surface area contributed by atoms with Crippen molar-refractivity contribution in [2.24, 2.45) is 0 Å². The number of aromatic nitrogens is 2. The summed E-state index contributed by atoms with van der Waals surface area (Å²) in [5, 5.41) is 9.98. The van der Waals surface area contributed by atoms with E-state index >= 15 is 0 Å². The average Bonchev–Trinajstić information content (AvgIpc) is 2.24. The van der Waals surface area contributed by atoms with Crippen molar-refractivity contribution in [3.63, 3.8) is 0 Å². The second-order valence-corrected chi connectivity index (χ2v) is 4.65. The minimum absolute atomic E-state index is 0.417. The number of β-amino-alcohol motifs (C(OH)–C–C–N with tert-alkyl or cyclic N) is 1.